The summed E-state index contributed by atoms with van der Waals surface area (Å²) in [7, 11) is 1.66. The van der Waals surface area contributed by atoms with Crippen molar-refractivity contribution >= 4 is 11.3 Å². The van der Waals surface area contributed by atoms with E-state index in [1.165, 1.54) is 11.1 Å². The van der Waals surface area contributed by atoms with Crippen LogP contribution in [0.1, 0.15) is 17.5 Å². The summed E-state index contributed by atoms with van der Waals surface area (Å²) < 4.78 is 10.8. The Bertz CT molecular complexity index is 738. The van der Waals surface area contributed by atoms with Gasteiger partial charge < -0.3 is 20.9 Å². The summed E-state index contributed by atoms with van der Waals surface area (Å²) in [6.45, 7) is 1.91. The van der Waals surface area contributed by atoms with E-state index in [0.29, 0.717) is 13.2 Å². The molecule has 0 atom stereocenters. The first kappa shape index (κ1) is 15.6. The lowest BCUT2D eigenvalue weighted by Crippen LogP contribution is -2.06. The zero-order valence-electron chi connectivity index (χ0n) is 13.3. The minimum Gasteiger partial charge on any atom is -0.497 e. The van der Waals surface area contributed by atoms with Crippen molar-refractivity contribution in [2.24, 2.45) is 5.73 Å². The zero-order chi connectivity index (χ0) is 16.2. The van der Waals surface area contributed by atoms with E-state index in [1.54, 1.807) is 7.11 Å². The molecule has 0 aromatic heterocycles. The van der Waals surface area contributed by atoms with Crippen LogP contribution in [0.2, 0.25) is 0 Å². The number of anilines is 1. The van der Waals surface area contributed by atoms with E-state index in [2.05, 4.69) is 24.3 Å². The quantitative estimate of drug-likeness (QED) is 0.851. The number of nitrogen functional groups attached to an aromatic ring is 1. The number of nitrogens with two attached hydrogens (primary N) is 2. The average Bonchev–Trinajstić information content (AvgIpc) is 2.62. The van der Waals surface area contributed by atoms with Gasteiger partial charge in [0, 0.05) is 17.8 Å². The van der Waals surface area contributed by atoms with Gasteiger partial charge in [-0.3, -0.25) is 0 Å². The lowest BCUT2D eigenvalue weighted by molar-refractivity contribution is 0.161. The molecule has 0 unspecified atom stereocenters. The van der Waals surface area contributed by atoms with Crippen LogP contribution in [0, 0.1) is 0 Å². The molecule has 0 saturated carbocycles. The van der Waals surface area contributed by atoms with Crippen LogP contribution in [0.15, 0.2) is 42.5 Å². The van der Waals surface area contributed by atoms with Gasteiger partial charge in [0.15, 0.2) is 0 Å². The van der Waals surface area contributed by atoms with Crippen LogP contribution in [0.4, 0.5) is 5.69 Å². The fourth-order valence-corrected chi connectivity index (χ4v) is 2.89. The highest BCUT2D eigenvalue weighted by Gasteiger charge is 2.15. The maximum atomic E-state index is 6.22. The summed E-state index contributed by atoms with van der Waals surface area (Å²) in [5.74, 6) is 0.795. The molecule has 2 aromatic carbocycles. The number of hydrogen-bond donors (Lipinski definition) is 2. The van der Waals surface area contributed by atoms with E-state index in [0.717, 1.165) is 41.2 Å². The Kier molecular flexibility index (Phi) is 4.65. The smallest absolute Gasteiger partial charge is 0.119 e. The van der Waals surface area contributed by atoms with E-state index in [-0.39, 0.29) is 0 Å². The van der Waals surface area contributed by atoms with Crippen LogP contribution in [0.5, 0.6) is 5.75 Å². The molecule has 0 bridgehead atoms. The summed E-state index contributed by atoms with van der Waals surface area (Å²) in [6.07, 6.45) is 3.03. The van der Waals surface area contributed by atoms with E-state index in [1.807, 2.05) is 18.2 Å². The monoisotopic (exact) mass is 310 g/mol. The lowest BCUT2D eigenvalue weighted by Gasteiger charge is -2.19. The maximum absolute atomic E-state index is 6.22. The molecular formula is C19H22N2O2. The molecule has 1 heterocycles. The number of rotatable bonds is 4. The Hall–Kier alpha value is -2.30. The van der Waals surface area contributed by atoms with Gasteiger partial charge >= 0.3 is 0 Å². The van der Waals surface area contributed by atoms with Crippen LogP contribution in [0.3, 0.4) is 0 Å². The van der Waals surface area contributed by atoms with Gasteiger partial charge in [0.25, 0.3) is 0 Å². The van der Waals surface area contributed by atoms with Crippen LogP contribution in [-0.2, 0) is 11.3 Å². The van der Waals surface area contributed by atoms with E-state index in [4.69, 9.17) is 20.9 Å². The SMILES string of the molecule is COc1ccc(N)c(-c2ccc(CN)cc2C2=CCOCC2)c1. The summed E-state index contributed by atoms with van der Waals surface area (Å²) >= 11 is 0. The number of benzene rings is 2. The maximum Gasteiger partial charge on any atom is 0.119 e. The number of methoxy groups -OCH3 is 1. The fourth-order valence-electron chi connectivity index (χ4n) is 2.89. The van der Waals surface area contributed by atoms with Gasteiger partial charge in [-0.05, 0) is 52.9 Å². The van der Waals surface area contributed by atoms with Gasteiger partial charge in [-0.1, -0.05) is 18.2 Å². The van der Waals surface area contributed by atoms with Crippen LogP contribution >= 0.6 is 0 Å². The van der Waals surface area contributed by atoms with E-state index in [9.17, 15) is 0 Å². The minimum absolute atomic E-state index is 0.519. The first-order valence-electron chi connectivity index (χ1n) is 7.77. The topological polar surface area (TPSA) is 70.5 Å². The van der Waals surface area contributed by atoms with Crippen molar-refractivity contribution in [3.8, 4) is 16.9 Å². The van der Waals surface area contributed by atoms with E-state index < -0.39 is 0 Å². The number of ether oxygens (including phenoxy) is 2. The molecule has 0 amide bonds. The second kappa shape index (κ2) is 6.86. The molecule has 1 aliphatic rings. The molecular weight excluding hydrogens is 288 g/mol. The molecule has 23 heavy (non-hydrogen) atoms. The third-order valence-electron chi connectivity index (χ3n) is 4.18. The molecule has 0 spiro atoms. The molecule has 0 aliphatic carbocycles. The largest absolute Gasteiger partial charge is 0.497 e. The van der Waals surface area contributed by atoms with Crippen molar-refractivity contribution in [2.45, 2.75) is 13.0 Å². The molecule has 4 heteroatoms. The van der Waals surface area contributed by atoms with Gasteiger partial charge in [0.05, 0.1) is 20.3 Å². The standard InChI is InChI=1S/C19H22N2O2/c1-22-15-3-5-19(21)18(11-15)16-4-2-13(12-20)10-17(16)14-6-8-23-9-7-14/h2-6,10-11H,7-9,12,20-21H2,1H3. The second-order valence-electron chi connectivity index (χ2n) is 5.59. The summed E-state index contributed by atoms with van der Waals surface area (Å²) in [4.78, 5) is 0. The van der Waals surface area contributed by atoms with Gasteiger partial charge in [-0.15, -0.1) is 0 Å². The van der Waals surface area contributed by atoms with Gasteiger partial charge in [-0.25, -0.2) is 0 Å². The first-order valence-corrected chi connectivity index (χ1v) is 7.77. The summed E-state index contributed by atoms with van der Waals surface area (Å²) in [5.41, 5.74) is 18.4. The molecule has 0 saturated heterocycles. The summed E-state index contributed by atoms with van der Waals surface area (Å²) in [6, 6.07) is 12.0. The normalized spacial score (nSPS) is 14.4. The summed E-state index contributed by atoms with van der Waals surface area (Å²) in [5, 5.41) is 0. The van der Waals surface area contributed by atoms with Crippen LogP contribution < -0.4 is 16.2 Å². The average molecular weight is 310 g/mol. The number of hydrogen-bond acceptors (Lipinski definition) is 4. The van der Waals surface area contributed by atoms with Crippen molar-refractivity contribution in [3.63, 3.8) is 0 Å². The lowest BCUT2D eigenvalue weighted by atomic mass is 9.90. The Morgan fingerprint density at radius 1 is 1.09 bits per heavy atom. The fraction of sp³-hybridized carbons (Fsp3) is 0.263. The van der Waals surface area contributed by atoms with Crippen molar-refractivity contribution in [1.82, 2.24) is 0 Å². The molecule has 4 nitrogen and oxygen atoms in total. The Labute approximate surface area is 136 Å². The van der Waals surface area contributed by atoms with Gasteiger partial charge in [0.2, 0.25) is 0 Å². The van der Waals surface area contributed by atoms with E-state index >= 15 is 0 Å². The third-order valence-corrected chi connectivity index (χ3v) is 4.18. The first-order chi connectivity index (χ1) is 11.2. The van der Waals surface area contributed by atoms with Gasteiger partial charge in [0.1, 0.15) is 5.75 Å². The predicted octanol–water partition coefficient (Wildman–Crippen LogP) is 3.21. The van der Waals surface area contributed by atoms with Crippen molar-refractivity contribution < 1.29 is 9.47 Å². The predicted molar refractivity (Wildman–Crippen MR) is 94.1 cm³/mol. The van der Waals surface area contributed by atoms with Crippen LogP contribution in [-0.4, -0.2) is 20.3 Å². The Morgan fingerprint density at radius 3 is 2.65 bits per heavy atom. The molecule has 4 N–H and O–H groups in total. The van der Waals surface area contributed by atoms with Crippen molar-refractivity contribution in [2.75, 3.05) is 26.1 Å². The molecule has 0 fully saturated rings. The highest BCUT2D eigenvalue weighted by atomic mass is 16.5. The van der Waals surface area contributed by atoms with Gasteiger partial charge in [-0.2, -0.15) is 0 Å². The van der Waals surface area contributed by atoms with Crippen molar-refractivity contribution in [1.29, 1.82) is 0 Å². The molecule has 0 radical (unpaired) electrons. The molecule has 3 rings (SSSR count). The molecule has 120 valence electrons. The van der Waals surface area contributed by atoms with Crippen molar-refractivity contribution in [3.05, 3.63) is 53.6 Å². The third kappa shape index (κ3) is 3.23. The van der Waals surface area contributed by atoms with Crippen LogP contribution in [0.25, 0.3) is 16.7 Å². The minimum atomic E-state index is 0.519. The highest BCUT2D eigenvalue weighted by molar-refractivity contribution is 5.87. The highest BCUT2D eigenvalue weighted by Crippen LogP contribution is 2.37. The molecule has 1 aliphatic heterocycles. The Balaban J connectivity index is 2.17. The Morgan fingerprint density at radius 2 is 1.96 bits per heavy atom. The zero-order valence-corrected chi connectivity index (χ0v) is 13.3. The molecule has 2 aromatic rings. The second-order valence-corrected chi connectivity index (χ2v) is 5.59.